The summed E-state index contributed by atoms with van der Waals surface area (Å²) in [7, 11) is 0. The zero-order valence-corrected chi connectivity index (χ0v) is 23.9. The number of anilines is 3. The van der Waals surface area contributed by atoms with Gasteiger partial charge in [0.2, 0.25) is 11.8 Å². The molecule has 9 nitrogen and oxygen atoms in total. The van der Waals surface area contributed by atoms with Gasteiger partial charge in [-0.1, -0.05) is 35.3 Å². The number of amides is 2. The molecule has 0 saturated carbocycles. The van der Waals surface area contributed by atoms with Gasteiger partial charge in [-0.05, 0) is 76.4 Å². The van der Waals surface area contributed by atoms with Crippen molar-refractivity contribution < 1.29 is 19.1 Å². The molecule has 1 aromatic heterocycles. The fourth-order valence-corrected chi connectivity index (χ4v) is 5.43. The molecule has 2 aromatic carbocycles. The van der Waals surface area contributed by atoms with Crippen molar-refractivity contribution in [3.8, 4) is 5.88 Å². The van der Waals surface area contributed by atoms with E-state index in [9.17, 15) is 9.59 Å². The van der Waals surface area contributed by atoms with E-state index in [0.29, 0.717) is 28.7 Å². The minimum Gasteiger partial charge on any atom is -0.455 e. The summed E-state index contributed by atoms with van der Waals surface area (Å²) in [6.45, 7) is 10.1. The maximum Gasteiger partial charge on any atom is 0.411 e. The van der Waals surface area contributed by atoms with E-state index >= 15 is 0 Å². The van der Waals surface area contributed by atoms with E-state index in [1.165, 1.54) is 11.1 Å². The fraction of sp³-hybridized carbons (Fsp3) is 0.357. The van der Waals surface area contributed by atoms with Crippen molar-refractivity contribution in [2.45, 2.75) is 52.2 Å². The number of aromatic nitrogens is 2. The molecule has 5 rings (SSSR count). The molecule has 2 aliphatic rings. The number of nitrogens with one attached hydrogen (secondary N) is 1. The van der Waals surface area contributed by atoms with Gasteiger partial charge in [0.05, 0.1) is 21.3 Å². The second-order valence-electron chi connectivity index (χ2n) is 10.9. The lowest BCUT2D eigenvalue weighted by Gasteiger charge is -2.44. The fourth-order valence-electron chi connectivity index (χ4n) is 4.82. The SMILES string of the molecule is CC(C)(C)OC(=O)N1CCc2cc(Nc3ncc4c(n3)OCN(c3c(Cl)cccc3Cl)C4=O)ccc2C1(C)C. The Hall–Kier alpha value is -3.56. The van der Waals surface area contributed by atoms with Crippen LogP contribution in [0.2, 0.25) is 10.0 Å². The Labute approximate surface area is 237 Å². The maximum absolute atomic E-state index is 13.2. The lowest BCUT2D eigenvalue weighted by molar-refractivity contribution is -0.000310. The highest BCUT2D eigenvalue weighted by Gasteiger charge is 2.39. The summed E-state index contributed by atoms with van der Waals surface area (Å²) in [5.74, 6) is 0.101. The number of carbonyl (C=O) groups excluding carboxylic acids is 2. The number of carbonyl (C=O) groups is 2. The Morgan fingerprint density at radius 1 is 1.15 bits per heavy atom. The number of rotatable bonds is 3. The van der Waals surface area contributed by atoms with Crippen LogP contribution in [0.3, 0.4) is 0 Å². The molecule has 3 aromatic rings. The molecule has 2 amide bonds. The standard InChI is InChI=1S/C28H29Cl2N5O4/c1-27(2,3)39-26(37)35-12-11-16-13-17(9-10-19(16)28(35,4)5)32-25-31-14-18-23(33-25)38-15-34(24(18)36)22-20(29)7-6-8-21(22)30/h6-10,13-14H,11-12,15H2,1-5H3,(H,31,32,33). The Bertz CT molecular complexity index is 1450. The first-order valence-electron chi connectivity index (χ1n) is 12.5. The molecular weight excluding hydrogens is 541 g/mol. The Morgan fingerprint density at radius 3 is 2.56 bits per heavy atom. The average Bonchev–Trinajstić information content (AvgIpc) is 2.84. The van der Waals surface area contributed by atoms with E-state index in [2.05, 4.69) is 15.3 Å². The van der Waals surface area contributed by atoms with Crippen LogP contribution in [0.15, 0.2) is 42.6 Å². The Morgan fingerprint density at radius 2 is 1.87 bits per heavy atom. The zero-order valence-electron chi connectivity index (χ0n) is 22.3. The molecule has 2 aliphatic heterocycles. The predicted molar refractivity (Wildman–Crippen MR) is 150 cm³/mol. The number of hydrogen-bond donors (Lipinski definition) is 1. The highest BCUT2D eigenvalue weighted by molar-refractivity contribution is 6.40. The van der Waals surface area contributed by atoms with Crippen molar-refractivity contribution in [1.29, 1.82) is 0 Å². The van der Waals surface area contributed by atoms with Crippen molar-refractivity contribution in [1.82, 2.24) is 14.9 Å². The van der Waals surface area contributed by atoms with Crippen LogP contribution in [0.4, 0.5) is 22.1 Å². The first kappa shape index (κ1) is 27.0. The number of hydrogen-bond acceptors (Lipinski definition) is 7. The lowest BCUT2D eigenvalue weighted by Crippen LogP contribution is -2.51. The molecule has 0 radical (unpaired) electrons. The van der Waals surface area contributed by atoms with Crippen LogP contribution < -0.4 is 15.0 Å². The summed E-state index contributed by atoms with van der Waals surface area (Å²) in [6.07, 6.45) is 1.77. The first-order valence-corrected chi connectivity index (χ1v) is 13.3. The molecule has 0 spiro atoms. The van der Waals surface area contributed by atoms with Gasteiger partial charge in [-0.15, -0.1) is 0 Å². The number of nitrogens with zero attached hydrogens (tertiary/aromatic N) is 4. The van der Waals surface area contributed by atoms with Gasteiger partial charge in [-0.3, -0.25) is 14.6 Å². The van der Waals surface area contributed by atoms with Gasteiger partial charge < -0.3 is 14.8 Å². The summed E-state index contributed by atoms with van der Waals surface area (Å²) in [4.78, 5) is 37.9. The largest absolute Gasteiger partial charge is 0.455 e. The third-order valence-electron chi connectivity index (χ3n) is 6.68. The van der Waals surface area contributed by atoms with Crippen LogP contribution in [0.25, 0.3) is 0 Å². The van der Waals surface area contributed by atoms with Crippen LogP contribution in [-0.4, -0.2) is 45.7 Å². The minimum absolute atomic E-state index is 0.0895. The van der Waals surface area contributed by atoms with Gasteiger partial charge in [0.1, 0.15) is 11.2 Å². The molecule has 0 saturated heterocycles. The lowest BCUT2D eigenvalue weighted by atomic mass is 9.83. The number of fused-ring (bicyclic) bond motifs is 2. The van der Waals surface area contributed by atoms with E-state index in [4.69, 9.17) is 32.7 Å². The maximum atomic E-state index is 13.2. The summed E-state index contributed by atoms with van der Waals surface area (Å²) < 4.78 is 11.4. The van der Waals surface area contributed by atoms with Gasteiger partial charge in [-0.2, -0.15) is 4.98 Å². The van der Waals surface area contributed by atoms with E-state index in [-0.39, 0.29) is 36.1 Å². The molecule has 3 heterocycles. The van der Waals surface area contributed by atoms with Crippen molar-refractivity contribution in [3.05, 3.63) is 69.3 Å². The summed E-state index contributed by atoms with van der Waals surface area (Å²) in [5.41, 5.74) is 2.41. The molecule has 204 valence electrons. The van der Waals surface area contributed by atoms with Crippen molar-refractivity contribution >= 4 is 52.5 Å². The summed E-state index contributed by atoms with van der Waals surface area (Å²) in [6, 6.07) is 11.0. The molecular formula is C28H29Cl2N5O4. The zero-order chi connectivity index (χ0) is 28.1. The van der Waals surface area contributed by atoms with E-state index < -0.39 is 11.1 Å². The molecule has 0 fully saturated rings. The second-order valence-corrected chi connectivity index (χ2v) is 11.7. The summed E-state index contributed by atoms with van der Waals surface area (Å²) >= 11 is 12.6. The Balaban J connectivity index is 1.34. The molecule has 0 atom stereocenters. The normalized spacial score (nSPS) is 16.2. The second kappa shape index (κ2) is 9.88. The molecule has 0 bridgehead atoms. The van der Waals surface area contributed by atoms with E-state index in [0.717, 1.165) is 16.8 Å². The van der Waals surface area contributed by atoms with E-state index in [1.54, 1.807) is 23.1 Å². The monoisotopic (exact) mass is 569 g/mol. The molecule has 39 heavy (non-hydrogen) atoms. The average molecular weight is 570 g/mol. The van der Waals surface area contributed by atoms with Crippen LogP contribution in [0, 0.1) is 0 Å². The smallest absolute Gasteiger partial charge is 0.411 e. The van der Waals surface area contributed by atoms with Gasteiger partial charge in [-0.25, -0.2) is 9.78 Å². The van der Waals surface area contributed by atoms with Gasteiger partial charge in [0.15, 0.2) is 6.73 Å². The van der Waals surface area contributed by atoms with Crippen molar-refractivity contribution in [2.24, 2.45) is 0 Å². The quantitative estimate of drug-likeness (QED) is 0.381. The molecule has 0 aliphatic carbocycles. The Kier molecular flexibility index (Phi) is 6.84. The number of para-hydroxylation sites is 1. The topological polar surface area (TPSA) is 96.9 Å². The van der Waals surface area contributed by atoms with Gasteiger partial charge >= 0.3 is 6.09 Å². The number of benzene rings is 2. The third-order valence-corrected chi connectivity index (χ3v) is 7.29. The predicted octanol–water partition coefficient (Wildman–Crippen LogP) is 6.55. The van der Waals surface area contributed by atoms with Crippen LogP contribution in [0.5, 0.6) is 5.88 Å². The van der Waals surface area contributed by atoms with Crippen molar-refractivity contribution in [2.75, 3.05) is 23.5 Å². The van der Waals surface area contributed by atoms with Crippen LogP contribution in [0.1, 0.15) is 56.1 Å². The van der Waals surface area contributed by atoms with Crippen LogP contribution >= 0.6 is 23.2 Å². The van der Waals surface area contributed by atoms with Crippen molar-refractivity contribution in [3.63, 3.8) is 0 Å². The number of ether oxygens (including phenoxy) is 2. The number of halogens is 2. The molecule has 11 heteroatoms. The molecule has 1 N–H and O–H groups in total. The first-order chi connectivity index (χ1) is 18.3. The minimum atomic E-state index is -0.565. The highest BCUT2D eigenvalue weighted by Crippen LogP contribution is 2.39. The van der Waals surface area contributed by atoms with Gasteiger partial charge in [0, 0.05) is 18.4 Å². The highest BCUT2D eigenvalue weighted by atomic mass is 35.5. The summed E-state index contributed by atoms with van der Waals surface area (Å²) in [5, 5.41) is 3.88. The van der Waals surface area contributed by atoms with E-state index in [1.807, 2.05) is 52.8 Å². The van der Waals surface area contributed by atoms with Gasteiger partial charge in [0.25, 0.3) is 5.91 Å². The molecule has 0 unspecified atom stereocenters. The van der Waals surface area contributed by atoms with Crippen LogP contribution in [-0.2, 0) is 16.7 Å². The third kappa shape index (κ3) is 5.21.